The number of hydrogen-bond donors (Lipinski definition) is 0. The maximum Gasteiger partial charge on any atom is 0.246 e. The van der Waals surface area contributed by atoms with Crippen molar-refractivity contribution >= 4 is 17.7 Å². The molecule has 19 heavy (non-hydrogen) atoms. The van der Waals surface area contributed by atoms with Gasteiger partial charge in [-0.2, -0.15) is 0 Å². The summed E-state index contributed by atoms with van der Waals surface area (Å²) in [6.45, 7) is 2.84. The third-order valence-corrected chi connectivity index (χ3v) is 3.04. The smallest absolute Gasteiger partial charge is 0.246 e. The molecule has 2 rings (SSSR count). The SMILES string of the molecule is CCC(=Cc1cc(Cl)c2c(c1)OCCCO2)[N+](=O)[O-]. The van der Waals surface area contributed by atoms with Gasteiger partial charge < -0.3 is 9.47 Å². The molecule has 0 saturated carbocycles. The topological polar surface area (TPSA) is 61.6 Å². The Morgan fingerprint density at radius 2 is 2.21 bits per heavy atom. The van der Waals surface area contributed by atoms with Crippen molar-refractivity contribution in [3.8, 4) is 11.5 Å². The first kappa shape index (κ1) is 13.7. The highest BCUT2D eigenvalue weighted by Crippen LogP contribution is 2.38. The van der Waals surface area contributed by atoms with E-state index < -0.39 is 4.92 Å². The van der Waals surface area contributed by atoms with Gasteiger partial charge in [-0.15, -0.1) is 0 Å². The largest absolute Gasteiger partial charge is 0.489 e. The summed E-state index contributed by atoms with van der Waals surface area (Å²) in [5.74, 6) is 1.05. The van der Waals surface area contributed by atoms with E-state index in [2.05, 4.69) is 0 Å². The standard InChI is InChI=1S/C13H14ClNO4/c1-2-10(15(16)17)6-9-7-11(14)13-12(8-9)18-4-3-5-19-13/h6-8H,2-5H2,1H3. The molecule has 0 spiro atoms. The summed E-state index contributed by atoms with van der Waals surface area (Å²) in [5, 5.41) is 11.2. The molecular formula is C13H14ClNO4. The number of benzene rings is 1. The predicted octanol–water partition coefficient (Wildman–Crippen LogP) is 3.53. The van der Waals surface area contributed by atoms with Gasteiger partial charge in [-0.1, -0.05) is 18.5 Å². The first-order valence-electron chi connectivity index (χ1n) is 6.06. The van der Waals surface area contributed by atoms with Gasteiger partial charge in [-0.25, -0.2) is 0 Å². The van der Waals surface area contributed by atoms with Crippen LogP contribution in [0.15, 0.2) is 17.8 Å². The summed E-state index contributed by atoms with van der Waals surface area (Å²) in [4.78, 5) is 10.4. The summed E-state index contributed by atoms with van der Waals surface area (Å²) < 4.78 is 11.0. The lowest BCUT2D eigenvalue weighted by Crippen LogP contribution is -1.97. The molecule has 1 aliphatic heterocycles. The summed E-state index contributed by atoms with van der Waals surface area (Å²) in [6.07, 6.45) is 2.63. The van der Waals surface area contributed by atoms with Crippen molar-refractivity contribution in [2.75, 3.05) is 13.2 Å². The average molecular weight is 284 g/mol. The monoisotopic (exact) mass is 283 g/mol. The van der Waals surface area contributed by atoms with E-state index in [4.69, 9.17) is 21.1 Å². The second kappa shape index (κ2) is 5.93. The Bertz CT molecular complexity index is 528. The zero-order chi connectivity index (χ0) is 13.8. The number of nitrogens with zero attached hydrogens (tertiary/aromatic N) is 1. The Hall–Kier alpha value is -1.75. The number of rotatable bonds is 3. The molecule has 1 heterocycles. The van der Waals surface area contributed by atoms with E-state index in [1.54, 1.807) is 19.1 Å². The minimum Gasteiger partial charge on any atom is -0.489 e. The zero-order valence-corrected chi connectivity index (χ0v) is 11.3. The van der Waals surface area contributed by atoms with Crippen LogP contribution in [0.3, 0.4) is 0 Å². The second-order valence-corrected chi connectivity index (χ2v) is 4.53. The summed E-state index contributed by atoms with van der Waals surface area (Å²) in [5.41, 5.74) is 0.772. The Balaban J connectivity index is 2.41. The maximum atomic E-state index is 10.8. The van der Waals surface area contributed by atoms with Crippen molar-refractivity contribution in [1.29, 1.82) is 0 Å². The first-order chi connectivity index (χ1) is 9.11. The van der Waals surface area contributed by atoms with E-state index in [1.165, 1.54) is 6.08 Å². The molecule has 102 valence electrons. The first-order valence-corrected chi connectivity index (χ1v) is 6.43. The quantitative estimate of drug-likeness (QED) is 0.629. The number of allylic oxidation sites excluding steroid dienone is 1. The van der Waals surface area contributed by atoms with E-state index >= 15 is 0 Å². The Morgan fingerprint density at radius 1 is 1.47 bits per heavy atom. The number of halogens is 1. The third-order valence-electron chi connectivity index (χ3n) is 2.75. The van der Waals surface area contributed by atoms with Gasteiger partial charge in [0.1, 0.15) is 0 Å². The van der Waals surface area contributed by atoms with Crippen molar-refractivity contribution in [3.63, 3.8) is 0 Å². The van der Waals surface area contributed by atoms with Gasteiger partial charge in [0.05, 0.1) is 23.2 Å². The fourth-order valence-electron chi connectivity index (χ4n) is 1.81. The van der Waals surface area contributed by atoms with Crippen molar-refractivity contribution < 1.29 is 14.4 Å². The van der Waals surface area contributed by atoms with Crippen molar-refractivity contribution in [2.24, 2.45) is 0 Å². The van der Waals surface area contributed by atoms with E-state index in [0.717, 1.165) is 6.42 Å². The third kappa shape index (κ3) is 3.17. The highest BCUT2D eigenvalue weighted by molar-refractivity contribution is 6.32. The lowest BCUT2D eigenvalue weighted by atomic mass is 10.1. The van der Waals surface area contributed by atoms with Crippen LogP contribution in [0.25, 0.3) is 6.08 Å². The molecule has 6 heteroatoms. The molecule has 0 unspecified atom stereocenters. The van der Waals surface area contributed by atoms with Crippen molar-refractivity contribution in [3.05, 3.63) is 38.5 Å². The Kier molecular flexibility index (Phi) is 4.27. The van der Waals surface area contributed by atoms with E-state index in [-0.39, 0.29) is 5.70 Å². The average Bonchev–Trinajstić information content (AvgIpc) is 2.61. The maximum absolute atomic E-state index is 10.8. The lowest BCUT2D eigenvalue weighted by molar-refractivity contribution is -0.425. The molecule has 1 aromatic carbocycles. The van der Waals surface area contributed by atoms with Crippen LogP contribution >= 0.6 is 11.6 Å². The van der Waals surface area contributed by atoms with Crippen LogP contribution in [0.4, 0.5) is 0 Å². The summed E-state index contributed by atoms with van der Waals surface area (Å²) >= 11 is 6.12. The molecular weight excluding hydrogens is 270 g/mol. The van der Waals surface area contributed by atoms with Gasteiger partial charge in [-0.3, -0.25) is 10.1 Å². The molecule has 0 radical (unpaired) electrons. The van der Waals surface area contributed by atoms with Gasteiger partial charge in [0.15, 0.2) is 11.5 Å². The van der Waals surface area contributed by atoms with Gasteiger partial charge in [-0.05, 0) is 17.7 Å². The molecule has 0 N–H and O–H groups in total. The van der Waals surface area contributed by atoms with Gasteiger partial charge in [0, 0.05) is 18.9 Å². The van der Waals surface area contributed by atoms with Crippen LogP contribution in [0.5, 0.6) is 11.5 Å². The molecule has 1 aromatic rings. The van der Waals surface area contributed by atoms with E-state index in [1.807, 2.05) is 0 Å². The molecule has 0 amide bonds. The van der Waals surface area contributed by atoms with Crippen LogP contribution in [-0.2, 0) is 0 Å². The van der Waals surface area contributed by atoms with Crippen molar-refractivity contribution in [1.82, 2.24) is 0 Å². The van der Waals surface area contributed by atoms with Gasteiger partial charge in [0.25, 0.3) is 0 Å². The molecule has 0 atom stereocenters. The molecule has 0 aromatic heterocycles. The van der Waals surface area contributed by atoms with Crippen LogP contribution in [0, 0.1) is 10.1 Å². The molecule has 0 saturated heterocycles. The lowest BCUT2D eigenvalue weighted by Gasteiger charge is -2.10. The molecule has 1 aliphatic rings. The minimum absolute atomic E-state index is 0.130. The Labute approximate surface area is 115 Å². The van der Waals surface area contributed by atoms with E-state index in [9.17, 15) is 10.1 Å². The Morgan fingerprint density at radius 3 is 2.89 bits per heavy atom. The van der Waals surface area contributed by atoms with Crippen LogP contribution < -0.4 is 9.47 Å². The molecule has 5 nitrogen and oxygen atoms in total. The highest BCUT2D eigenvalue weighted by atomic mass is 35.5. The zero-order valence-electron chi connectivity index (χ0n) is 10.5. The molecule has 0 bridgehead atoms. The highest BCUT2D eigenvalue weighted by Gasteiger charge is 2.16. The predicted molar refractivity (Wildman–Crippen MR) is 72.3 cm³/mol. The number of fused-ring (bicyclic) bond motifs is 1. The summed E-state index contributed by atoms with van der Waals surface area (Å²) in [6, 6.07) is 3.36. The van der Waals surface area contributed by atoms with Crippen LogP contribution in [0.1, 0.15) is 25.3 Å². The normalized spacial score (nSPS) is 14.9. The fraction of sp³-hybridized carbons (Fsp3) is 0.385. The number of ether oxygens (including phenoxy) is 2. The minimum atomic E-state index is -0.392. The number of hydrogen-bond acceptors (Lipinski definition) is 4. The summed E-state index contributed by atoms with van der Waals surface area (Å²) in [7, 11) is 0. The molecule has 0 aliphatic carbocycles. The number of nitro groups is 1. The van der Waals surface area contributed by atoms with Crippen LogP contribution in [0.2, 0.25) is 5.02 Å². The van der Waals surface area contributed by atoms with Gasteiger partial charge >= 0.3 is 0 Å². The fourth-order valence-corrected chi connectivity index (χ4v) is 2.08. The second-order valence-electron chi connectivity index (χ2n) is 4.13. The van der Waals surface area contributed by atoms with E-state index in [0.29, 0.717) is 41.7 Å². The van der Waals surface area contributed by atoms with Gasteiger partial charge in [0.2, 0.25) is 5.70 Å². The van der Waals surface area contributed by atoms with Crippen molar-refractivity contribution in [2.45, 2.75) is 19.8 Å². The van der Waals surface area contributed by atoms with Crippen LogP contribution in [-0.4, -0.2) is 18.1 Å². The molecule has 0 fully saturated rings.